The van der Waals surface area contributed by atoms with Crippen molar-refractivity contribution in [1.82, 2.24) is 4.98 Å². The molecule has 142 valence electrons. The highest BCUT2D eigenvalue weighted by atomic mass is 32.2. The zero-order valence-electron chi connectivity index (χ0n) is 14.3. The molecule has 4 nitrogen and oxygen atoms in total. The van der Waals surface area contributed by atoms with Gasteiger partial charge in [0.15, 0.2) is 6.29 Å². The van der Waals surface area contributed by atoms with E-state index < -0.39 is 5.91 Å². The molecule has 1 amide bonds. The number of hydrogen-bond acceptors (Lipinski definition) is 4. The number of nitrogens with two attached hydrogens (primary N) is 1. The number of aromatic nitrogens is 1. The maximum atomic E-state index is 12.0. The lowest BCUT2D eigenvalue weighted by Crippen LogP contribution is -2.12. The second-order valence-corrected chi connectivity index (χ2v) is 8.91. The van der Waals surface area contributed by atoms with Gasteiger partial charge in [0.1, 0.15) is 0 Å². The molecule has 1 aliphatic heterocycles. The van der Waals surface area contributed by atoms with E-state index in [1.807, 2.05) is 35.5 Å². The van der Waals surface area contributed by atoms with Crippen LogP contribution in [0.4, 0.5) is 0 Å². The van der Waals surface area contributed by atoms with Crippen molar-refractivity contribution in [2.24, 2.45) is 11.7 Å². The summed E-state index contributed by atoms with van der Waals surface area (Å²) in [5.74, 6) is 2.71. The first-order valence-corrected chi connectivity index (χ1v) is 10.7. The number of thiophene rings is 1. The molecule has 3 aromatic rings. The van der Waals surface area contributed by atoms with Crippen LogP contribution < -0.4 is 5.73 Å². The topological polar surface area (TPSA) is 76.0 Å². The van der Waals surface area contributed by atoms with Crippen LogP contribution in [0.5, 0.6) is 0 Å². The van der Waals surface area contributed by atoms with Crippen molar-refractivity contribution in [2.75, 3.05) is 11.5 Å². The summed E-state index contributed by atoms with van der Waals surface area (Å²) in [6, 6.07) is 5.79. The molecule has 4 rings (SSSR count). The highest BCUT2D eigenvalue weighted by molar-refractivity contribution is 7.99. The Kier molecular flexibility index (Phi) is 6.07. The zero-order valence-corrected chi connectivity index (χ0v) is 15.9. The van der Waals surface area contributed by atoms with Crippen molar-refractivity contribution < 1.29 is 9.59 Å². The number of nitrogens with one attached hydrogen (secondary N) is 1. The first-order chi connectivity index (χ1) is 12.7. The van der Waals surface area contributed by atoms with E-state index in [1.54, 1.807) is 0 Å². The minimum Gasteiger partial charge on any atom is -0.366 e. The van der Waals surface area contributed by atoms with Crippen LogP contribution in [-0.4, -0.2) is 28.7 Å². The quantitative estimate of drug-likeness (QED) is 0.583. The van der Waals surface area contributed by atoms with Crippen molar-refractivity contribution in [3.05, 3.63) is 45.8 Å². The first-order valence-electron chi connectivity index (χ1n) is 8.71. The number of carbonyl (C=O) groups is 2. The lowest BCUT2D eigenvalue weighted by Gasteiger charge is -2.20. The second kappa shape index (κ2) is 8.31. The Labute approximate surface area is 167 Å². The van der Waals surface area contributed by atoms with E-state index in [1.165, 1.54) is 41.2 Å². The van der Waals surface area contributed by atoms with Gasteiger partial charge in [-0.2, -0.15) is 11.8 Å². The van der Waals surface area contributed by atoms with Gasteiger partial charge in [0.25, 0.3) is 5.91 Å². The fourth-order valence-corrected chi connectivity index (χ4v) is 5.57. The van der Waals surface area contributed by atoms with Gasteiger partial charge in [-0.1, -0.05) is 7.43 Å². The largest absolute Gasteiger partial charge is 0.366 e. The van der Waals surface area contributed by atoms with Crippen LogP contribution in [0.3, 0.4) is 0 Å². The third kappa shape index (κ3) is 3.96. The van der Waals surface area contributed by atoms with Crippen LogP contribution in [0.15, 0.2) is 29.8 Å². The molecule has 0 spiro atoms. The molecule has 0 bridgehead atoms. The van der Waals surface area contributed by atoms with Crippen LogP contribution in [0.25, 0.3) is 22.0 Å². The molecule has 1 saturated heterocycles. The molecule has 1 aliphatic rings. The molecule has 3 N–H and O–H groups in total. The van der Waals surface area contributed by atoms with Gasteiger partial charge in [0.05, 0.1) is 16.0 Å². The van der Waals surface area contributed by atoms with Crippen molar-refractivity contribution in [2.45, 2.75) is 26.7 Å². The van der Waals surface area contributed by atoms with Crippen LogP contribution in [0.2, 0.25) is 0 Å². The van der Waals surface area contributed by atoms with Gasteiger partial charge in [-0.3, -0.25) is 9.59 Å². The van der Waals surface area contributed by atoms with Crippen molar-refractivity contribution in [3.8, 4) is 11.1 Å². The summed E-state index contributed by atoms with van der Waals surface area (Å²) in [6.07, 6.45) is 6.38. The summed E-state index contributed by atoms with van der Waals surface area (Å²) in [5.41, 5.74) is 10.1. The van der Waals surface area contributed by atoms with E-state index in [0.29, 0.717) is 16.4 Å². The highest BCUT2D eigenvalue weighted by Crippen LogP contribution is 2.34. The smallest absolute Gasteiger partial charge is 0.250 e. The molecule has 1 aromatic carbocycles. The average Bonchev–Trinajstić information content (AvgIpc) is 3.29. The number of rotatable bonds is 5. The summed E-state index contributed by atoms with van der Waals surface area (Å²) in [5, 5.41) is 3.01. The van der Waals surface area contributed by atoms with Crippen LogP contribution in [0, 0.1) is 5.92 Å². The molecule has 27 heavy (non-hydrogen) atoms. The summed E-state index contributed by atoms with van der Waals surface area (Å²) in [6.45, 7) is 0. The Balaban J connectivity index is 0.00000210. The molecule has 0 unspecified atom stereocenters. The number of primary amides is 1. The summed E-state index contributed by atoms with van der Waals surface area (Å²) >= 11 is 3.43. The fourth-order valence-electron chi connectivity index (χ4n) is 3.65. The molecular weight excluding hydrogens is 376 g/mol. The predicted octanol–water partition coefficient (Wildman–Crippen LogP) is 5.13. The molecule has 0 aliphatic carbocycles. The van der Waals surface area contributed by atoms with E-state index in [9.17, 15) is 9.59 Å². The average molecular weight is 401 g/mol. The number of aldehydes is 1. The molecular formula is C21H24N2O2S2. The molecule has 0 atom stereocenters. The Hall–Kier alpha value is -2.05. The number of amides is 1. The number of hydrogen-bond donors (Lipinski definition) is 2. The maximum absolute atomic E-state index is 12.0. The summed E-state index contributed by atoms with van der Waals surface area (Å²) in [7, 11) is 0. The van der Waals surface area contributed by atoms with Gasteiger partial charge in [-0.25, -0.2) is 0 Å². The second-order valence-electron chi connectivity index (χ2n) is 6.74. The van der Waals surface area contributed by atoms with Gasteiger partial charge in [0, 0.05) is 11.6 Å². The molecule has 1 fully saturated rings. The number of carbonyl (C=O) groups excluding carboxylic acids is 2. The lowest BCUT2D eigenvalue weighted by molar-refractivity contribution is 0.100. The normalized spacial score (nSPS) is 14.8. The third-order valence-electron chi connectivity index (χ3n) is 5.06. The van der Waals surface area contributed by atoms with E-state index in [4.69, 9.17) is 5.73 Å². The molecule has 0 radical (unpaired) electrons. The SMILES string of the molecule is C.NC(=O)c1cc(-c2csc(C=O)c2)cc2c(CC3CCSCC3)c[nH]c12. The number of fused-ring (bicyclic) bond motifs is 1. The van der Waals surface area contributed by atoms with Gasteiger partial charge < -0.3 is 10.7 Å². The summed E-state index contributed by atoms with van der Waals surface area (Å²) < 4.78 is 0. The number of thioether (sulfide) groups is 1. The van der Waals surface area contributed by atoms with Crippen LogP contribution in [0.1, 0.15) is 45.9 Å². The van der Waals surface area contributed by atoms with Crippen LogP contribution in [-0.2, 0) is 6.42 Å². The number of H-pyrrole nitrogens is 1. The maximum Gasteiger partial charge on any atom is 0.250 e. The van der Waals surface area contributed by atoms with E-state index in [2.05, 4.69) is 11.1 Å². The van der Waals surface area contributed by atoms with E-state index >= 15 is 0 Å². The van der Waals surface area contributed by atoms with Crippen molar-refractivity contribution in [3.63, 3.8) is 0 Å². The van der Waals surface area contributed by atoms with E-state index in [-0.39, 0.29) is 7.43 Å². The molecule has 3 heterocycles. The highest BCUT2D eigenvalue weighted by Gasteiger charge is 2.19. The first kappa shape index (κ1) is 19.7. The van der Waals surface area contributed by atoms with Crippen LogP contribution >= 0.6 is 23.1 Å². The minimum absolute atomic E-state index is 0. The Morgan fingerprint density at radius 2 is 2.00 bits per heavy atom. The van der Waals surface area contributed by atoms with Crippen molar-refractivity contribution >= 4 is 46.2 Å². The predicted molar refractivity (Wildman–Crippen MR) is 116 cm³/mol. The third-order valence-corrected chi connectivity index (χ3v) is 6.97. The lowest BCUT2D eigenvalue weighted by atomic mass is 9.92. The molecule has 6 heteroatoms. The Morgan fingerprint density at radius 1 is 1.22 bits per heavy atom. The van der Waals surface area contributed by atoms with E-state index in [0.717, 1.165) is 34.7 Å². The minimum atomic E-state index is -0.440. The fraction of sp³-hybridized carbons (Fsp3) is 0.333. The number of benzene rings is 1. The summed E-state index contributed by atoms with van der Waals surface area (Å²) in [4.78, 5) is 26.9. The van der Waals surface area contributed by atoms with Gasteiger partial charge in [-0.05, 0) is 77.0 Å². The Bertz CT molecular complexity index is 968. The molecule has 0 saturated carbocycles. The zero-order chi connectivity index (χ0) is 18.1. The number of aromatic amines is 1. The van der Waals surface area contributed by atoms with Gasteiger partial charge in [0.2, 0.25) is 0 Å². The monoisotopic (exact) mass is 400 g/mol. The van der Waals surface area contributed by atoms with Gasteiger partial charge >= 0.3 is 0 Å². The van der Waals surface area contributed by atoms with Gasteiger partial charge in [-0.15, -0.1) is 11.3 Å². The molecule has 2 aromatic heterocycles. The Morgan fingerprint density at radius 3 is 2.67 bits per heavy atom. The standard InChI is InChI=1S/C20H20N2O2S2.CH4/c21-20(24)18-8-13(15-6-16(10-23)26-11-15)7-17-14(9-22-19(17)18)5-12-1-3-25-4-2-12;/h6-12,22H,1-5H2,(H2,21,24);1H4. The van der Waals surface area contributed by atoms with Crippen molar-refractivity contribution in [1.29, 1.82) is 0 Å².